The lowest BCUT2D eigenvalue weighted by Gasteiger charge is -2.13. The number of anilines is 2. The monoisotopic (exact) mass is 346 g/mol. The van der Waals surface area contributed by atoms with Gasteiger partial charge < -0.3 is 15.4 Å². The van der Waals surface area contributed by atoms with Gasteiger partial charge in [0.25, 0.3) is 0 Å². The minimum atomic E-state index is -0.0761. The number of amides is 1. The summed E-state index contributed by atoms with van der Waals surface area (Å²) >= 11 is 6.08. The summed E-state index contributed by atoms with van der Waals surface area (Å²) in [5.74, 6) is 0.481. The number of aryl methyl sites for hydroxylation is 2. The van der Waals surface area contributed by atoms with Crippen LogP contribution in [0.25, 0.3) is 0 Å². The topological polar surface area (TPSA) is 50.4 Å². The molecule has 4 nitrogen and oxygen atoms in total. The number of rotatable bonds is 6. The first kappa shape index (κ1) is 18.1. The highest BCUT2D eigenvalue weighted by Crippen LogP contribution is 2.31. The van der Waals surface area contributed by atoms with Gasteiger partial charge in [0, 0.05) is 29.7 Å². The van der Waals surface area contributed by atoms with Gasteiger partial charge in [0.05, 0.1) is 12.8 Å². The number of carbonyl (C=O) groups is 1. The van der Waals surface area contributed by atoms with Gasteiger partial charge in [-0.3, -0.25) is 4.79 Å². The maximum atomic E-state index is 12.2. The largest absolute Gasteiger partial charge is 0.495 e. The lowest BCUT2D eigenvalue weighted by molar-refractivity contribution is -0.116. The molecule has 0 bridgehead atoms. The van der Waals surface area contributed by atoms with Crippen LogP contribution in [0, 0.1) is 20.8 Å². The van der Waals surface area contributed by atoms with Crippen molar-refractivity contribution in [3.63, 3.8) is 0 Å². The van der Waals surface area contributed by atoms with Gasteiger partial charge in [-0.1, -0.05) is 23.7 Å². The van der Waals surface area contributed by atoms with Crippen LogP contribution in [0.2, 0.25) is 5.02 Å². The Kier molecular flexibility index (Phi) is 6.10. The molecule has 2 N–H and O–H groups in total. The minimum Gasteiger partial charge on any atom is -0.495 e. The molecule has 0 saturated carbocycles. The van der Waals surface area contributed by atoms with E-state index in [9.17, 15) is 4.79 Å². The number of hydrogen-bond donors (Lipinski definition) is 2. The Morgan fingerprint density at radius 3 is 2.58 bits per heavy atom. The van der Waals surface area contributed by atoms with Crippen molar-refractivity contribution in [2.75, 3.05) is 24.3 Å². The third-order valence-corrected chi connectivity index (χ3v) is 4.43. The molecule has 0 unspecified atom stereocenters. The van der Waals surface area contributed by atoms with E-state index in [1.54, 1.807) is 13.2 Å². The molecule has 0 heterocycles. The number of halogens is 1. The fourth-order valence-electron chi connectivity index (χ4n) is 2.40. The van der Waals surface area contributed by atoms with Gasteiger partial charge in [-0.2, -0.15) is 0 Å². The van der Waals surface area contributed by atoms with E-state index in [0.29, 0.717) is 29.4 Å². The van der Waals surface area contributed by atoms with Crippen molar-refractivity contribution >= 4 is 28.9 Å². The van der Waals surface area contributed by atoms with Crippen molar-refractivity contribution < 1.29 is 9.53 Å². The maximum Gasteiger partial charge on any atom is 0.226 e. The van der Waals surface area contributed by atoms with Crippen molar-refractivity contribution in [3.05, 3.63) is 52.0 Å². The summed E-state index contributed by atoms with van der Waals surface area (Å²) in [7, 11) is 1.55. The Hall–Kier alpha value is -2.20. The molecular formula is C19H23ClN2O2. The summed E-state index contributed by atoms with van der Waals surface area (Å²) in [4.78, 5) is 12.2. The van der Waals surface area contributed by atoms with E-state index in [0.717, 1.165) is 11.3 Å². The molecule has 0 atom stereocenters. The van der Waals surface area contributed by atoms with Crippen LogP contribution < -0.4 is 15.4 Å². The first-order valence-electron chi connectivity index (χ1n) is 7.86. The van der Waals surface area contributed by atoms with Crippen LogP contribution in [-0.2, 0) is 4.79 Å². The number of benzene rings is 2. The zero-order valence-corrected chi connectivity index (χ0v) is 15.3. The maximum absolute atomic E-state index is 12.2. The number of nitrogens with one attached hydrogen (secondary N) is 2. The molecular weight excluding hydrogens is 324 g/mol. The van der Waals surface area contributed by atoms with Gasteiger partial charge in [0.1, 0.15) is 5.75 Å². The lowest BCUT2D eigenvalue weighted by Crippen LogP contribution is -2.17. The van der Waals surface area contributed by atoms with Crippen LogP contribution in [0.4, 0.5) is 11.4 Å². The fourth-order valence-corrected chi connectivity index (χ4v) is 2.55. The van der Waals surface area contributed by atoms with Gasteiger partial charge >= 0.3 is 0 Å². The van der Waals surface area contributed by atoms with Crippen molar-refractivity contribution in [2.45, 2.75) is 27.2 Å². The molecule has 5 heteroatoms. The molecule has 2 aromatic rings. The van der Waals surface area contributed by atoms with Gasteiger partial charge in [-0.15, -0.1) is 0 Å². The number of carbonyl (C=O) groups excluding carboxylic acids is 1. The predicted molar refractivity (Wildman–Crippen MR) is 100 cm³/mol. The summed E-state index contributed by atoms with van der Waals surface area (Å²) in [6, 6.07) is 9.62. The zero-order chi connectivity index (χ0) is 17.7. The molecule has 2 rings (SSSR count). The van der Waals surface area contributed by atoms with E-state index >= 15 is 0 Å². The molecule has 0 saturated heterocycles. The zero-order valence-electron chi connectivity index (χ0n) is 14.5. The normalized spacial score (nSPS) is 10.4. The molecule has 24 heavy (non-hydrogen) atoms. The quantitative estimate of drug-likeness (QED) is 0.796. The Morgan fingerprint density at radius 2 is 1.88 bits per heavy atom. The van der Waals surface area contributed by atoms with E-state index in [1.165, 1.54) is 11.1 Å². The van der Waals surface area contributed by atoms with Crippen LogP contribution in [0.3, 0.4) is 0 Å². The van der Waals surface area contributed by atoms with Crippen LogP contribution in [0.1, 0.15) is 23.1 Å². The molecule has 0 aliphatic carbocycles. The first-order chi connectivity index (χ1) is 11.4. The predicted octanol–water partition coefficient (Wildman–Crippen LogP) is 4.71. The average Bonchev–Trinajstić information content (AvgIpc) is 2.54. The second kappa shape index (κ2) is 8.06. The van der Waals surface area contributed by atoms with Gasteiger partial charge in [-0.05, 0) is 49.6 Å². The van der Waals surface area contributed by atoms with E-state index in [1.807, 2.05) is 25.1 Å². The van der Waals surface area contributed by atoms with E-state index in [2.05, 4.69) is 30.5 Å². The number of ether oxygens (including phenoxy) is 1. The molecule has 0 fully saturated rings. The number of methoxy groups -OCH3 is 1. The smallest absolute Gasteiger partial charge is 0.226 e. The molecule has 2 aromatic carbocycles. The summed E-state index contributed by atoms with van der Waals surface area (Å²) in [6.45, 7) is 6.59. The minimum absolute atomic E-state index is 0.0761. The molecule has 0 aliphatic rings. The highest BCUT2D eigenvalue weighted by atomic mass is 35.5. The van der Waals surface area contributed by atoms with Crippen LogP contribution in [0.15, 0.2) is 30.3 Å². The van der Waals surface area contributed by atoms with E-state index < -0.39 is 0 Å². The van der Waals surface area contributed by atoms with Crippen LogP contribution in [-0.4, -0.2) is 19.6 Å². The lowest BCUT2D eigenvalue weighted by atomic mass is 10.1. The summed E-state index contributed by atoms with van der Waals surface area (Å²) in [5, 5.41) is 6.80. The molecule has 0 spiro atoms. The first-order valence-corrected chi connectivity index (χ1v) is 8.24. The van der Waals surface area contributed by atoms with E-state index in [-0.39, 0.29) is 5.91 Å². The van der Waals surface area contributed by atoms with Gasteiger partial charge in [0.15, 0.2) is 0 Å². The van der Waals surface area contributed by atoms with E-state index in [4.69, 9.17) is 16.3 Å². The second-order valence-electron chi connectivity index (χ2n) is 5.77. The molecule has 0 radical (unpaired) electrons. The second-order valence-corrected chi connectivity index (χ2v) is 6.18. The Labute approximate surface area is 148 Å². The van der Waals surface area contributed by atoms with Gasteiger partial charge in [0.2, 0.25) is 5.91 Å². The van der Waals surface area contributed by atoms with Crippen molar-refractivity contribution in [1.82, 2.24) is 0 Å². The Bertz CT molecular complexity index is 744. The summed E-state index contributed by atoms with van der Waals surface area (Å²) in [6.07, 6.45) is 0.359. The van der Waals surface area contributed by atoms with Crippen molar-refractivity contribution in [2.24, 2.45) is 0 Å². The summed E-state index contributed by atoms with van der Waals surface area (Å²) < 4.78 is 5.27. The van der Waals surface area contributed by atoms with Crippen molar-refractivity contribution in [1.29, 1.82) is 0 Å². The summed E-state index contributed by atoms with van der Waals surface area (Å²) in [5.41, 5.74) is 5.01. The molecule has 1 amide bonds. The molecule has 128 valence electrons. The fraction of sp³-hybridized carbons (Fsp3) is 0.316. The Morgan fingerprint density at radius 1 is 1.12 bits per heavy atom. The average molecular weight is 347 g/mol. The Balaban J connectivity index is 1.94. The number of hydrogen-bond acceptors (Lipinski definition) is 3. The van der Waals surface area contributed by atoms with Crippen LogP contribution >= 0.6 is 11.6 Å². The standard InChI is InChI=1S/C19H23ClN2O2/c1-12-6-5-7-16(14(12)3)21-9-8-19(23)22-17-10-13(2)15(20)11-18(17)24-4/h5-7,10-11,21H,8-9H2,1-4H3,(H,22,23). The third-order valence-electron chi connectivity index (χ3n) is 4.03. The highest BCUT2D eigenvalue weighted by molar-refractivity contribution is 6.31. The third kappa shape index (κ3) is 4.42. The highest BCUT2D eigenvalue weighted by Gasteiger charge is 2.10. The molecule has 0 aromatic heterocycles. The molecule has 0 aliphatic heterocycles. The van der Waals surface area contributed by atoms with Crippen LogP contribution in [0.5, 0.6) is 5.75 Å². The van der Waals surface area contributed by atoms with Gasteiger partial charge in [-0.25, -0.2) is 0 Å². The SMILES string of the molecule is COc1cc(Cl)c(C)cc1NC(=O)CCNc1cccc(C)c1C. The van der Waals surface area contributed by atoms with Crippen molar-refractivity contribution in [3.8, 4) is 5.75 Å².